The van der Waals surface area contributed by atoms with Crippen molar-refractivity contribution < 1.29 is 22.6 Å². The number of nitrogens with zero attached hydrogens (tertiary/aromatic N) is 4. The van der Waals surface area contributed by atoms with E-state index >= 15 is 0 Å². The minimum absolute atomic E-state index is 0.138. The van der Waals surface area contributed by atoms with E-state index in [-0.39, 0.29) is 11.9 Å². The first-order valence-corrected chi connectivity index (χ1v) is 11.5. The summed E-state index contributed by atoms with van der Waals surface area (Å²) in [6.07, 6.45) is 0.247. The fraction of sp³-hybridized carbons (Fsp3) is 0.652. The molecule has 2 N–H and O–H groups in total. The van der Waals surface area contributed by atoms with E-state index in [9.17, 15) is 13.2 Å². The van der Waals surface area contributed by atoms with Crippen molar-refractivity contribution in [2.24, 2.45) is 11.8 Å². The molecule has 2 saturated carbocycles. The van der Waals surface area contributed by atoms with Crippen LogP contribution in [0.1, 0.15) is 50.8 Å². The lowest BCUT2D eigenvalue weighted by Gasteiger charge is -2.52. The summed E-state index contributed by atoms with van der Waals surface area (Å²) in [7, 11) is 1.74. The molecule has 2 aromatic rings. The number of likely N-dealkylation sites (tertiary alicyclic amines) is 1. The Balaban J connectivity index is 1.37. The molecule has 5 rings (SSSR count). The van der Waals surface area contributed by atoms with Crippen LogP contribution in [0.25, 0.3) is 11.3 Å². The third-order valence-corrected chi connectivity index (χ3v) is 7.64. The third-order valence-electron chi connectivity index (χ3n) is 7.64. The van der Waals surface area contributed by atoms with Crippen LogP contribution >= 0.6 is 0 Å². The first-order valence-electron chi connectivity index (χ1n) is 11.5. The van der Waals surface area contributed by atoms with Crippen LogP contribution in [0.4, 0.5) is 19.0 Å². The van der Waals surface area contributed by atoms with Gasteiger partial charge in [-0.1, -0.05) is 0 Å². The van der Waals surface area contributed by atoms with Crippen LogP contribution < -0.4 is 10.5 Å². The standard InChI is InChI=1S/C23H30F3N5O2/c1-13(2)31-18(20-15-10-22(11-16(15)20)4-5-30(22)6-7-32-3)9-17(29-31)14-8-19(21(27)28-12-14)33-23(24,25)26/h8-9,12-13,15-16,20H,4-7,10-11H2,1-3H3,(H2,27,28)/t15-,16+,20+,22+. The summed E-state index contributed by atoms with van der Waals surface area (Å²) in [5.74, 6) is 0.890. The summed E-state index contributed by atoms with van der Waals surface area (Å²) < 4.78 is 49.5. The van der Waals surface area contributed by atoms with Gasteiger partial charge in [0.15, 0.2) is 11.6 Å². The Bertz CT molecular complexity index is 1030. The number of aromatic nitrogens is 3. The van der Waals surface area contributed by atoms with Gasteiger partial charge >= 0.3 is 6.36 Å². The number of pyridine rings is 1. The fourth-order valence-electron chi connectivity index (χ4n) is 6.01. The van der Waals surface area contributed by atoms with Crippen LogP contribution in [-0.2, 0) is 4.74 Å². The molecule has 0 radical (unpaired) electrons. The molecule has 2 aliphatic carbocycles. The molecule has 3 fully saturated rings. The number of ether oxygens (including phenoxy) is 2. The first kappa shape index (κ1) is 22.5. The van der Waals surface area contributed by atoms with Crippen molar-refractivity contribution in [1.29, 1.82) is 0 Å². The van der Waals surface area contributed by atoms with Crippen LogP contribution in [-0.4, -0.2) is 58.4 Å². The average molecular weight is 466 g/mol. The predicted molar refractivity (Wildman–Crippen MR) is 117 cm³/mol. The SMILES string of the molecule is COCCN1CC[C@@]12C[C@@H]1[C@H](C2)[C@H]1c1cc(-c2cnc(N)c(OC(F)(F)F)c2)nn1C(C)C. The van der Waals surface area contributed by atoms with Gasteiger partial charge in [0, 0.05) is 55.2 Å². The van der Waals surface area contributed by atoms with Gasteiger partial charge in [-0.2, -0.15) is 5.10 Å². The Hall–Kier alpha value is -2.33. The molecule has 10 heteroatoms. The molecule has 33 heavy (non-hydrogen) atoms. The highest BCUT2D eigenvalue weighted by Crippen LogP contribution is 2.69. The summed E-state index contributed by atoms with van der Waals surface area (Å²) in [4.78, 5) is 6.48. The highest BCUT2D eigenvalue weighted by molar-refractivity contribution is 5.64. The van der Waals surface area contributed by atoms with Crippen molar-refractivity contribution in [3.8, 4) is 17.0 Å². The lowest BCUT2D eigenvalue weighted by molar-refractivity contribution is -0.274. The molecule has 0 aromatic carbocycles. The number of nitrogen functional groups attached to an aromatic ring is 1. The first-order chi connectivity index (χ1) is 15.6. The van der Waals surface area contributed by atoms with Crippen molar-refractivity contribution in [3.05, 3.63) is 24.0 Å². The zero-order valence-electron chi connectivity index (χ0n) is 19.1. The van der Waals surface area contributed by atoms with Crippen molar-refractivity contribution >= 4 is 5.82 Å². The van der Waals surface area contributed by atoms with Gasteiger partial charge in [-0.05, 0) is 57.1 Å². The highest BCUT2D eigenvalue weighted by Gasteiger charge is 2.66. The van der Waals surface area contributed by atoms with E-state index in [1.807, 2.05) is 10.7 Å². The van der Waals surface area contributed by atoms with Crippen LogP contribution in [0.2, 0.25) is 0 Å². The second kappa shape index (κ2) is 7.87. The van der Waals surface area contributed by atoms with E-state index in [2.05, 4.69) is 28.5 Å². The Labute approximate surface area is 191 Å². The molecule has 7 nitrogen and oxygen atoms in total. The van der Waals surface area contributed by atoms with E-state index in [0.717, 1.165) is 25.4 Å². The molecule has 3 aliphatic rings. The van der Waals surface area contributed by atoms with Crippen LogP contribution in [0, 0.1) is 11.8 Å². The summed E-state index contributed by atoms with van der Waals surface area (Å²) >= 11 is 0. The van der Waals surface area contributed by atoms with E-state index in [1.54, 1.807) is 7.11 Å². The molecule has 0 unspecified atom stereocenters. The smallest absolute Gasteiger partial charge is 0.402 e. The topological polar surface area (TPSA) is 78.4 Å². The quantitative estimate of drug-likeness (QED) is 0.660. The maximum Gasteiger partial charge on any atom is 0.573 e. The Morgan fingerprint density at radius 1 is 1.24 bits per heavy atom. The number of halogens is 3. The number of methoxy groups -OCH3 is 1. The zero-order chi connectivity index (χ0) is 23.5. The fourth-order valence-corrected chi connectivity index (χ4v) is 6.01. The van der Waals surface area contributed by atoms with Crippen molar-refractivity contribution in [2.45, 2.75) is 57.0 Å². The summed E-state index contributed by atoms with van der Waals surface area (Å²) in [5.41, 5.74) is 8.12. The normalized spacial score (nSPS) is 28.9. The van der Waals surface area contributed by atoms with Crippen LogP contribution in [0.15, 0.2) is 18.3 Å². The molecule has 4 atom stereocenters. The van der Waals surface area contributed by atoms with Crippen molar-refractivity contribution in [2.75, 3.05) is 32.5 Å². The minimum atomic E-state index is -4.84. The molecule has 3 heterocycles. The molecular weight excluding hydrogens is 435 g/mol. The number of hydrogen-bond donors (Lipinski definition) is 1. The van der Waals surface area contributed by atoms with Crippen molar-refractivity contribution in [3.63, 3.8) is 0 Å². The van der Waals surface area contributed by atoms with E-state index in [0.29, 0.717) is 34.6 Å². The van der Waals surface area contributed by atoms with E-state index in [4.69, 9.17) is 15.6 Å². The average Bonchev–Trinajstić information content (AvgIpc) is 3.08. The number of rotatable bonds is 7. The molecule has 0 bridgehead atoms. The van der Waals surface area contributed by atoms with Gasteiger partial charge in [0.05, 0.1) is 12.3 Å². The number of fused-ring (bicyclic) bond motifs is 1. The van der Waals surface area contributed by atoms with Gasteiger partial charge in [0.25, 0.3) is 0 Å². The monoisotopic (exact) mass is 465 g/mol. The van der Waals surface area contributed by atoms with Gasteiger partial charge in [0.1, 0.15) is 0 Å². The maximum absolute atomic E-state index is 12.7. The largest absolute Gasteiger partial charge is 0.573 e. The lowest BCUT2D eigenvalue weighted by Crippen LogP contribution is -2.59. The summed E-state index contributed by atoms with van der Waals surface area (Å²) in [6, 6.07) is 3.40. The Morgan fingerprint density at radius 3 is 2.55 bits per heavy atom. The molecule has 0 amide bonds. The third kappa shape index (κ3) is 3.97. The van der Waals surface area contributed by atoms with E-state index < -0.39 is 12.1 Å². The van der Waals surface area contributed by atoms with Gasteiger partial charge < -0.3 is 15.2 Å². The van der Waals surface area contributed by atoms with Crippen LogP contribution in [0.3, 0.4) is 0 Å². The molecule has 180 valence electrons. The Morgan fingerprint density at radius 2 is 1.97 bits per heavy atom. The van der Waals surface area contributed by atoms with E-state index in [1.165, 1.54) is 31.5 Å². The molecule has 2 aromatic heterocycles. The number of hydrogen-bond acceptors (Lipinski definition) is 6. The summed E-state index contributed by atoms with van der Waals surface area (Å²) in [6.45, 7) is 7.03. The zero-order valence-corrected chi connectivity index (χ0v) is 19.1. The van der Waals surface area contributed by atoms with Gasteiger partial charge in [-0.3, -0.25) is 9.58 Å². The predicted octanol–water partition coefficient (Wildman–Crippen LogP) is 4.22. The highest BCUT2D eigenvalue weighted by atomic mass is 19.4. The number of alkyl halides is 3. The lowest BCUT2D eigenvalue weighted by atomic mass is 9.78. The Kier molecular flexibility index (Phi) is 5.36. The van der Waals surface area contributed by atoms with Gasteiger partial charge in [-0.15, -0.1) is 13.2 Å². The van der Waals surface area contributed by atoms with Crippen molar-refractivity contribution in [1.82, 2.24) is 19.7 Å². The second-order valence-electron chi connectivity index (χ2n) is 9.86. The summed E-state index contributed by atoms with van der Waals surface area (Å²) in [5, 5.41) is 4.73. The molecular formula is C23H30F3N5O2. The van der Waals surface area contributed by atoms with Gasteiger partial charge in [-0.25, -0.2) is 4.98 Å². The second-order valence-corrected chi connectivity index (χ2v) is 9.86. The number of nitrogens with two attached hydrogens (primary N) is 1. The molecule has 1 saturated heterocycles. The number of anilines is 1. The van der Waals surface area contributed by atoms with Gasteiger partial charge in [0.2, 0.25) is 0 Å². The van der Waals surface area contributed by atoms with Crippen LogP contribution in [0.5, 0.6) is 5.75 Å². The maximum atomic E-state index is 12.7. The molecule has 1 spiro atoms. The molecule has 1 aliphatic heterocycles. The minimum Gasteiger partial charge on any atom is -0.402 e.